The van der Waals surface area contributed by atoms with Crippen molar-refractivity contribution >= 4 is 5.82 Å². The van der Waals surface area contributed by atoms with Gasteiger partial charge in [-0.1, -0.05) is 25.3 Å². The van der Waals surface area contributed by atoms with Crippen LogP contribution in [-0.2, 0) is 0 Å². The molecule has 0 radical (unpaired) electrons. The Labute approximate surface area is 117 Å². The van der Waals surface area contributed by atoms with Crippen molar-refractivity contribution in [1.82, 2.24) is 9.88 Å². The standard InChI is InChI=1S/C16H27N3/c1-14-9-10-16(18-13-14)17-11-6-12-19(2)15-7-4-3-5-8-15/h9-10,13,15H,3-8,11-12H2,1-2H3,(H,17,18). The molecule has 0 bridgehead atoms. The van der Waals surface area contributed by atoms with Crippen molar-refractivity contribution in [2.24, 2.45) is 0 Å². The Hall–Kier alpha value is -1.09. The van der Waals surface area contributed by atoms with Crippen LogP contribution in [0, 0.1) is 6.92 Å². The molecular formula is C16H27N3. The summed E-state index contributed by atoms with van der Waals surface area (Å²) in [6, 6.07) is 4.98. The molecule has 1 aliphatic carbocycles. The normalized spacial score (nSPS) is 16.8. The summed E-state index contributed by atoms with van der Waals surface area (Å²) < 4.78 is 0. The summed E-state index contributed by atoms with van der Waals surface area (Å²) in [6.45, 7) is 4.26. The van der Waals surface area contributed by atoms with E-state index in [1.165, 1.54) is 50.6 Å². The molecule has 1 aromatic heterocycles. The van der Waals surface area contributed by atoms with Crippen molar-refractivity contribution in [3.63, 3.8) is 0 Å². The third kappa shape index (κ3) is 4.83. The molecule has 1 heterocycles. The summed E-state index contributed by atoms with van der Waals surface area (Å²) in [6.07, 6.45) is 10.2. The fourth-order valence-corrected chi connectivity index (χ4v) is 2.82. The van der Waals surface area contributed by atoms with Crippen LogP contribution in [-0.4, -0.2) is 36.1 Å². The largest absolute Gasteiger partial charge is 0.370 e. The fourth-order valence-electron chi connectivity index (χ4n) is 2.82. The molecule has 19 heavy (non-hydrogen) atoms. The molecule has 1 aromatic rings. The summed E-state index contributed by atoms with van der Waals surface area (Å²) in [5.41, 5.74) is 1.21. The second kappa shape index (κ2) is 7.49. The topological polar surface area (TPSA) is 28.2 Å². The predicted octanol–water partition coefficient (Wildman–Crippen LogP) is 3.46. The second-order valence-electron chi connectivity index (χ2n) is 5.77. The van der Waals surface area contributed by atoms with E-state index in [1.54, 1.807) is 0 Å². The van der Waals surface area contributed by atoms with Crippen molar-refractivity contribution < 1.29 is 0 Å². The highest BCUT2D eigenvalue weighted by atomic mass is 15.1. The van der Waals surface area contributed by atoms with Crippen LogP contribution < -0.4 is 5.32 Å². The number of hydrogen-bond donors (Lipinski definition) is 1. The van der Waals surface area contributed by atoms with Gasteiger partial charge in [-0.2, -0.15) is 0 Å². The van der Waals surface area contributed by atoms with Crippen molar-refractivity contribution in [3.05, 3.63) is 23.9 Å². The first-order valence-electron chi connectivity index (χ1n) is 7.62. The maximum absolute atomic E-state index is 4.36. The van der Waals surface area contributed by atoms with Crippen molar-refractivity contribution in [1.29, 1.82) is 0 Å². The van der Waals surface area contributed by atoms with Gasteiger partial charge in [-0.25, -0.2) is 4.98 Å². The molecule has 2 rings (SSSR count). The van der Waals surface area contributed by atoms with Gasteiger partial charge in [0.15, 0.2) is 0 Å². The van der Waals surface area contributed by atoms with Crippen LogP contribution in [0.1, 0.15) is 44.1 Å². The van der Waals surface area contributed by atoms with Crippen LogP contribution in [0.25, 0.3) is 0 Å². The Bertz CT molecular complexity index is 355. The van der Waals surface area contributed by atoms with Crippen LogP contribution in [0.2, 0.25) is 0 Å². The molecule has 0 spiro atoms. The first kappa shape index (κ1) is 14.3. The summed E-state index contributed by atoms with van der Waals surface area (Å²) in [7, 11) is 2.28. The minimum absolute atomic E-state index is 0.825. The van der Waals surface area contributed by atoms with Crippen molar-refractivity contribution in [2.75, 3.05) is 25.5 Å². The molecule has 0 atom stereocenters. The third-order valence-corrected chi connectivity index (χ3v) is 4.10. The average molecular weight is 261 g/mol. The third-order valence-electron chi connectivity index (χ3n) is 4.10. The van der Waals surface area contributed by atoms with Gasteiger partial charge in [0.25, 0.3) is 0 Å². The minimum Gasteiger partial charge on any atom is -0.370 e. The molecule has 1 saturated carbocycles. The number of aryl methyl sites for hydroxylation is 1. The van der Waals surface area contributed by atoms with E-state index in [0.29, 0.717) is 0 Å². The maximum Gasteiger partial charge on any atom is 0.125 e. The molecule has 1 aliphatic rings. The zero-order chi connectivity index (χ0) is 13.5. The van der Waals surface area contributed by atoms with Gasteiger partial charge in [0.2, 0.25) is 0 Å². The van der Waals surface area contributed by atoms with Crippen LogP contribution in [0.4, 0.5) is 5.82 Å². The van der Waals surface area contributed by atoms with Gasteiger partial charge in [0.1, 0.15) is 5.82 Å². The Balaban J connectivity index is 1.62. The summed E-state index contributed by atoms with van der Waals surface area (Å²) in [5.74, 6) is 0.992. The SMILES string of the molecule is Cc1ccc(NCCCN(C)C2CCCCC2)nc1. The first-order valence-corrected chi connectivity index (χ1v) is 7.62. The number of nitrogens with zero attached hydrogens (tertiary/aromatic N) is 2. The maximum atomic E-state index is 4.36. The summed E-state index contributed by atoms with van der Waals surface area (Å²) in [4.78, 5) is 6.91. The van der Waals surface area contributed by atoms with Crippen LogP contribution in [0.3, 0.4) is 0 Å². The van der Waals surface area contributed by atoms with Gasteiger partial charge in [0.05, 0.1) is 0 Å². The number of nitrogens with one attached hydrogen (secondary N) is 1. The monoisotopic (exact) mass is 261 g/mol. The van der Waals surface area contributed by atoms with Gasteiger partial charge in [-0.3, -0.25) is 0 Å². The van der Waals surface area contributed by atoms with Crippen molar-refractivity contribution in [3.8, 4) is 0 Å². The molecule has 0 amide bonds. The number of rotatable bonds is 6. The van der Waals surface area contributed by atoms with E-state index in [2.05, 4.69) is 41.3 Å². The van der Waals surface area contributed by atoms with Crippen LogP contribution >= 0.6 is 0 Å². The number of hydrogen-bond acceptors (Lipinski definition) is 3. The molecule has 0 saturated heterocycles. The minimum atomic E-state index is 0.825. The molecule has 3 nitrogen and oxygen atoms in total. The van der Waals surface area contributed by atoms with E-state index in [9.17, 15) is 0 Å². The van der Waals surface area contributed by atoms with Crippen molar-refractivity contribution in [2.45, 2.75) is 51.5 Å². The molecule has 0 aliphatic heterocycles. The van der Waals surface area contributed by atoms with Gasteiger partial charge in [0, 0.05) is 18.8 Å². The summed E-state index contributed by atoms with van der Waals surface area (Å²) >= 11 is 0. The van der Waals surface area contributed by atoms with Crippen LogP contribution in [0.5, 0.6) is 0 Å². The number of aromatic nitrogens is 1. The molecule has 0 aromatic carbocycles. The second-order valence-corrected chi connectivity index (χ2v) is 5.77. The number of pyridine rings is 1. The van der Waals surface area contributed by atoms with E-state index in [-0.39, 0.29) is 0 Å². The Morgan fingerprint density at radius 3 is 2.74 bits per heavy atom. The Morgan fingerprint density at radius 2 is 2.05 bits per heavy atom. The van der Waals surface area contributed by atoms with E-state index in [0.717, 1.165) is 18.4 Å². The lowest BCUT2D eigenvalue weighted by molar-refractivity contribution is 0.191. The lowest BCUT2D eigenvalue weighted by Crippen LogP contribution is -2.34. The quantitative estimate of drug-likeness (QED) is 0.795. The smallest absolute Gasteiger partial charge is 0.125 e. The highest BCUT2D eigenvalue weighted by Gasteiger charge is 2.17. The van der Waals surface area contributed by atoms with E-state index in [4.69, 9.17) is 0 Å². The van der Waals surface area contributed by atoms with E-state index in [1.807, 2.05) is 6.20 Å². The molecule has 1 N–H and O–H groups in total. The molecule has 106 valence electrons. The van der Waals surface area contributed by atoms with E-state index < -0.39 is 0 Å². The Morgan fingerprint density at radius 1 is 1.26 bits per heavy atom. The molecule has 1 fully saturated rings. The average Bonchev–Trinajstić information content (AvgIpc) is 2.46. The van der Waals surface area contributed by atoms with Gasteiger partial charge < -0.3 is 10.2 Å². The highest BCUT2D eigenvalue weighted by Crippen LogP contribution is 2.21. The van der Waals surface area contributed by atoms with Gasteiger partial charge in [-0.15, -0.1) is 0 Å². The molecular weight excluding hydrogens is 234 g/mol. The van der Waals surface area contributed by atoms with Crippen LogP contribution in [0.15, 0.2) is 18.3 Å². The molecule has 0 unspecified atom stereocenters. The first-order chi connectivity index (χ1) is 9.25. The predicted molar refractivity (Wildman–Crippen MR) is 81.6 cm³/mol. The zero-order valence-corrected chi connectivity index (χ0v) is 12.4. The van der Waals surface area contributed by atoms with Gasteiger partial charge in [-0.05, 0) is 51.4 Å². The zero-order valence-electron chi connectivity index (χ0n) is 12.4. The number of anilines is 1. The fraction of sp³-hybridized carbons (Fsp3) is 0.688. The lowest BCUT2D eigenvalue weighted by Gasteiger charge is -2.31. The van der Waals surface area contributed by atoms with Gasteiger partial charge >= 0.3 is 0 Å². The summed E-state index contributed by atoms with van der Waals surface area (Å²) in [5, 5.41) is 3.39. The lowest BCUT2D eigenvalue weighted by atomic mass is 9.94. The highest BCUT2D eigenvalue weighted by molar-refractivity contribution is 5.34. The molecule has 3 heteroatoms. The Kier molecular flexibility index (Phi) is 5.64. The van der Waals surface area contributed by atoms with E-state index >= 15 is 0 Å².